The molecule has 28 heavy (non-hydrogen) atoms. The van der Waals surface area contributed by atoms with Gasteiger partial charge in [-0.15, -0.1) is 0 Å². The van der Waals surface area contributed by atoms with Gasteiger partial charge in [0.15, 0.2) is 0 Å². The van der Waals surface area contributed by atoms with Crippen LogP contribution in [0.3, 0.4) is 0 Å². The zero-order valence-corrected chi connectivity index (χ0v) is 16.2. The van der Waals surface area contributed by atoms with Crippen molar-refractivity contribution in [2.24, 2.45) is 0 Å². The summed E-state index contributed by atoms with van der Waals surface area (Å²) in [6.45, 7) is 3.73. The molecule has 0 radical (unpaired) electrons. The van der Waals surface area contributed by atoms with Gasteiger partial charge in [-0.05, 0) is 47.9 Å². The lowest BCUT2D eigenvalue weighted by atomic mass is 10.1. The molecule has 0 spiro atoms. The van der Waals surface area contributed by atoms with E-state index in [1.165, 1.54) is 0 Å². The van der Waals surface area contributed by atoms with Crippen LogP contribution in [0.4, 0.5) is 5.95 Å². The summed E-state index contributed by atoms with van der Waals surface area (Å²) in [6, 6.07) is 12.4. The van der Waals surface area contributed by atoms with E-state index >= 15 is 0 Å². The van der Waals surface area contributed by atoms with E-state index in [9.17, 15) is 15.2 Å². The summed E-state index contributed by atoms with van der Waals surface area (Å²) in [6.07, 6.45) is -0.0951. The van der Waals surface area contributed by atoms with Gasteiger partial charge in [0, 0.05) is 11.1 Å². The number of ether oxygens (including phenoxy) is 1. The molecular weight excluding hydrogens is 384 g/mol. The van der Waals surface area contributed by atoms with Crippen molar-refractivity contribution in [3.8, 4) is 11.1 Å². The highest BCUT2D eigenvalue weighted by molar-refractivity contribution is 6.30. The molecule has 2 aromatic carbocycles. The standard InChI is InChI=1S/C19H20ClN4O4/c1-12(2)28-18(25)9-10-21-19-22-24(27)17-11-14(5-8-16(17)23(19)26)13-3-6-15(20)7-4-13/h3-8,11-12,26H,9-10H2,1-2H3,(H,21,22,27)/q+1/p+1. The number of halogens is 1. The fraction of sp³-hybridized carbons (Fsp3) is 0.263. The number of carbonyl (C=O) groups is 1. The SMILES string of the molecule is CC(C)OC(=O)CCNc1n[n+](O)c2cc(-c3ccc(Cl)cc3)ccc2[n+]1O. The molecule has 146 valence electrons. The number of hydrogen-bond donors (Lipinski definition) is 3. The molecule has 0 saturated carbocycles. The molecule has 8 nitrogen and oxygen atoms in total. The van der Waals surface area contributed by atoms with Crippen LogP contribution in [0.1, 0.15) is 20.3 Å². The van der Waals surface area contributed by atoms with Crippen LogP contribution in [-0.2, 0) is 9.53 Å². The lowest BCUT2D eigenvalue weighted by Gasteiger charge is -2.06. The highest BCUT2D eigenvalue weighted by atomic mass is 35.5. The fourth-order valence-electron chi connectivity index (χ4n) is 2.69. The van der Waals surface area contributed by atoms with Gasteiger partial charge in [0.1, 0.15) is 0 Å². The molecule has 0 fully saturated rings. The Hall–Kier alpha value is -3.13. The van der Waals surface area contributed by atoms with Gasteiger partial charge >= 0.3 is 17.4 Å². The molecular formula is C19H21ClN4O4+2. The van der Waals surface area contributed by atoms with E-state index in [4.69, 9.17) is 16.3 Å². The Labute approximate surface area is 166 Å². The summed E-state index contributed by atoms with van der Waals surface area (Å²) in [7, 11) is 0. The molecule has 0 unspecified atom stereocenters. The third-order valence-electron chi connectivity index (χ3n) is 3.97. The lowest BCUT2D eigenvalue weighted by Crippen LogP contribution is -2.47. The van der Waals surface area contributed by atoms with Crippen molar-refractivity contribution in [2.45, 2.75) is 26.4 Å². The van der Waals surface area contributed by atoms with Crippen LogP contribution < -0.4 is 14.9 Å². The van der Waals surface area contributed by atoms with Gasteiger partial charge in [-0.3, -0.25) is 10.1 Å². The van der Waals surface area contributed by atoms with E-state index in [0.29, 0.717) is 20.9 Å². The van der Waals surface area contributed by atoms with Gasteiger partial charge in [-0.25, -0.2) is 5.21 Å². The Balaban J connectivity index is 1.83. The number of nitrogens with zero attached hydrogens (tertiary/aromatic N) is 3. The van der Waals surface area contributed by atoms with Crippen LogP contribution in [0.5, 0.6) is 0 Å². The van der Waals surface area contributed by atoms with Crippen LogP contribution in [0.2, 0.25) is 5.02 Å². The minimum absolute atomic E-state index is 0.00779. The van der Waals surface area contributed by atoms with Gasteiger partial charge in [0.2, 0.25) is 10.4 Å². The molecule has 0 bridgehead atoms. The predicted octanol–water partition coefficient (Wildman–Crippen LogP) is 2.36. The average molecular weight is 405 g/mol. The van der Waals surface area contributed by atoms with Crippen molar-refractivity contribution in [2.75, 3.05) is 11.9 Å². The van der Waals surface area contributed by atoms with Crippen LogP contribution in [0.25, 0.3) is 22.2 Å². The maximum Gasteiger partial charge on any atom is 0.500 e. The summed E-state index contributed by atoms with van der Waals surface area (Å²) in [5.74, 6) is -0.371. The van der Waals surface area contributed by atoms with Gasteiger partial charge < -0.3 is 9.94 Å². The number of hydrogen-bond acceptors (Lipinski definition) is 6. The maximum atomic E-state index is 11.6. The molecule has 1 heterocycles. The summed E-state index contributed by atoms with van der Waals surface area (Å²) in [5.41, 5.74) is 2.37. The lowest BCUT2D eigenvalue weighted by molar-refractivity contribution is -0.950. The Morgan fingerprint density at radius 2 is 1.82 bits per heavy atom. The molecule has 0 aliphatic rings. The second-order valence-electron chi connectivity index (χ2n) is 6.45. The summed E-state index contributed by atoms with van der Waals surface area (Å²) >= 11 is 5.92. The van der Waals surface area contributed by atoms with E-state index in [1.54, 1.807) is 38.1 Å². The monoisotopic (exact) mass is 404 g/mol. The number of rotatable bonds is 6. The van der Waals surface area contributed by atoms with Crippen molar-refractivity contribution in [3.05, 3.63) is 47.5 Å². The van der Waals surface area contributed by atoms with E-state index < -0.39 is 0 Å². The number of nitrogens with one attached hydrogen (secondary N) is 1. The average Bonchev–Trinajstić information content (AvgIpc) is 2.65. The quantitative estimate of drug-likeness (QED) is 0.331. The minimum Gasteiger partial charge on any atom is -0.463 e. The molecule has 9 heteroatoms. The Bertz CT molecular complexity index is 1010. The number of fused-ring (bicyclic) bond motifs is 1. The smallest absolute Gasteiger partial charge is 0.463 e. The summed E-state index contributed by atoms with van der Waals surface area (Å²) < 4.78 is 5.86. The normalized spacial score (nSPS) is 11.0. The molecule has 3 aromatic rings. The van der Waals surface area contributed by atoms with Crippen LogP contribution in [-0.4, -0.2) is 34.1 Å². The second kappa shape index (κ2) is 8.26. The van der Waals surface area contributed by atoms with E-state index in [2.05, 4.69) is 10.4 Å². The Morgan fingerprint density at radius 1 is 1.14 bits per heavy atom. The number of carbonyl (C=O) groups excluding carboxylic acids is 1. The number of benzene rings is 2. The number of anilines is 1. The molecule has 0 aliphatic carbocycles. The van der Waals surface area contributed by atoms with Crippen LogP contribution in [0.15, 0.2) is 42.5 Å². The van der Waals surface area contributed by atoms with Crippen molar-refractivity contribution in [3.63, 3.8) is 0 Å². The maximum absolute atomic E-state index is 11.6. The fourth-order valence-corrected chi connectivity index (χ4v) is 2.82. The van der Waals surface area contributed by atoms with Gasteiger partial charge in [0.05, 0.1) is 19.1 Å². The summed E-state index contributed by atoms with van der Waals surface area (Å²) in [4.78, 5) is 12.3. The number of esters is 1. The summed E-state index contributed by atoms with van der Waals surface area (Å²) in [5, 5.41) is 28.0. The van der Waals surface area contributed by atoms with Crippen molar-refractivity contribution in [1.82, 2.24) is 5.10 Å². The molecule has 0 aliphatic heterocycles. The molecule has 0 amide bonds. The molecule has 3 rings (SSSR count). The Morgan fingerprint density at radius 3 is 2.50 bits per heavy atom. The molecule has 3 N–H and O–H groups in total. The minimum atomic E-state index is -0.364. The topological polar surface area (TPSA) is 99.4 Å². The van der Waals surface area contributed by atoms with Gasteiger partial charge in [-0.2, -0.15) is 0 Å². The van der Waals surface area contributed by atoms with E-state index in [1.807, 2.05) is 18.2 Å². The predicted molar refractivity (Wildman–Crippen MR) is 101 cm³/mol. The molecule has 1 aromatic heterocycles. The molecule has 0 atom stereocenters. The third-order valence-corrected chi connectivity index (χ3v) is 4.22. The van der Waals surface area contributed by atoms with Crippen molar-refractivity contribution < 1.29 is 29.5 Å². The first-order valence-electron chi connectivity index (χ1n) is 8.75. The molecule has 0 saturated heterocycles. The van der Waals surface area contributed by atoms with Crippen LogP contribution >= 0.6 is 11.6 Å². The zero-order chi connectivity index (χ0) is 20.3. The van der Waals surface area contributed by atoms with Gasteiger partial charge in [-0.1, -0.05) is 29.8 Å². The van der Waals surface area contributed by atoms with E-state index in [0.717, 1.165) is 15.9 Å². The zero-order valence-electron chi connectivity index (χ0n) is 15.5. The first-order valence-corrected chi connectivity index (χ1v) is 9.13. The van der Waals surface area contributed by atoms with Crippen molar-refractivity contribution in [1.29, 1.82) is 0 Å². The third kappa shape index (κ3) is 4.40. The highest BCUT2D eigenvalue weighted by Gasteiger charge is 2.28. The second-order valence-corrected chi connectivity index (χ2v) is 6.89. The number of aromatic nitrogens is 3. The van der Waals surface area contributed by atoms with E-state index in [-0.39, 0.29) is 31.0 Å². The first-order chi connectivity index (χ1) is 13.3. The largest absolute Gasteiger partial charge is 0.500 e. The van der Waals surface area contributed by atoms with Crippen LogP contribution in [0, 0.1) is 0 Å². The first kappa shape index (κ1) is 19.6. The highest BCUT2D eigenvalue weighted by Crippen LogP contribution is 2.23. The van der Waals surface area contributed by atoms with Gasteiger partial charge in [0.25, 0.3) is 5.10 Å². The van der Waals surface area contributed by atoms with Crippen molar-refractivity contribution >= 4 is 34.6 Å². The Kier molecular flexibility index (Phi) is 5.79.